The summed E-state index contributed by atoms with van der Waals surface area (Å²) >= 11 is 1.30. The van der Waals surface area contributed by atoms with Gasteiger partial charge in [0.1, 0.15) is 0 Å². The Labute approximate surface area is 164 Å². The minimum atomic E-state index is -0.168. The van der Waals surface area contributed by atoms with Crippen LogP contribution in [0.15, 0.2) is 46.3 Å². The number of rotatable bonds is 6. The molecule has 144 valence electrons. The lowest BCUT2D eigenvalue weighted by molar-refractivity contribution is -0.130. The van der Waals surface area contributed by atoms with Crippen LogP contribution in [0.5, 0.6) is 0 Å². The van der Waals surface area contributed by atoms with Crippen molar-refractivity contribution < 1.29 is 4.79 Å². The number of amides is 1. The molecule has 2 heterocycles. The van der Waals surface area contributed by atoms with E-state index in [1.807, 2.05) is 24.8 Å². The van der Waals surface area contributed by atoms with Crippen molar-refractivity contribution in [3.63, 3.8) is 0 Å². The van der Waals surface area contributed by atoms with Crippen LogP contribution < -0.4 is 5.56 Å². The number of H-pyrrole nitrogens is 1. The molecule has 1 aliphatic heterocycles. The molecule has 0 aliphatic carbocycles. The van der Waals surface area contributed by atoms with Crippen molar-refractivity contribution in [3.8, 4) is 0 Å². The molecule has 0 spiro atoms. The minimum absolute atomic E-state index is 0.0944. The van der Waals surface area contributed by atoms with Gasteiger partial charge in [-0.2, -0.15) is 0 Å². The summed E-state index contributed by atoms with van der Waals surface area (Å²) in [6, 6.07) is 11.9. The van der Waals surface area contributed by atoms with E-state index in [4.69, 9.17) is 0 Å². The third kappa shape index (κ3) is 5.68. The molecule has 1 amide bonds. The van der Waals surface area contributed by atoms with Gasteiger partial charge >= 0.3 is 0 Å². The average Bonchev–Trinajstić information content (AvgIpc) is 2.67. The standard InChI is InChI=1S/C20H26N4O2S/c1-15(2)17-12-18(25)22-20(21-17)27-14-19(26)24-10-8-23(9-11-24)13-16-6-4-3-5-7-16/h3-7,12,15H,8-11,13-14H2,1-2H3,(H,21,22,25). The molecular weight excluding hydrogens is 360 g/mol. The fourth-order valence-corrected chi connectivity index (χ4v) is 3.82. The normalized spacial score (nSPS) is 15.3. The molecule has 6 nitrogen and oxygen atoms in total. The zero-order valence-corrected chi connectivity index (χ0v) is 16.7. The summed E-state index contributed by atoms with van der Waals surface area (Å²) in [5.74, 6) is 0.570. The van der Waals surface area contributed by atoms with Gasteiger partial charge in [0.2, 0.25) is 5.91 Å². The summed E-state index contributed by atoms with van der Waals surface area (Å²) < 4.78 is 0. The second kappa shape index (κ2) is 9.19. The van der Waals surface area contributed by atoms with Crippen LogP contribution in [0, 0.1) is 0 Å². The summed E-state index contributed by atoms with van der Waals surface area (Å²) in [6.07, 6.45) is 0. The zero-order chi connectivity index (χ0) is 19.2. The number of nitrogens with zero attached hydrogens (tertiary/aromatic N) is 3. The fraction of sp³-hybridized carbons (Fsp3) is 0.450. The van der Waals surface area contributed by atoms with Crippen LogP contribution in [-0.4, -0.2) is 57.6 Å². The van der Waals surface area contributed by atoms with Gasteiger partial charge in [-0.1, -0.05) is 55.9 Å². The molecule has 7 heteroatoms. The molecule has 1 aliphatic rings. The number of carbonyl (C=O) groups is 1. The fourth-order valence-electron chi connectivity index (χ4n) is 3.04. The summed E-state index contributed by atoms with van der Waals surface area (Å²) in [7, 11) is 0. The Bertz CT molecular complexity index is 814. The van der Waals surface area contributed by atoms with Gasteiger partial charge in [0, 0.05) is 38.8 Å². The van der Waals surface area contributed by atoms with Crippen LogP contribution in [0.1, 0.15) is 31.0 Å². The van der Waals surface area contributed by atoms with Crippen LogP contribution in [-0.2, 0) is 11.3 Å². The van der Waals surface area contributed by atoms with Crippen LogP contribution >= 0.6 is 11.8 Å². The first kappa shape index (κ1) is 19.6. The molecule has 0 radical (unpaired) electrons. The van der Waals surface area contributed by atoms with Crippen molar-refractivity contribution in [3.05, 3.63) is 58.0 Å². The first-order valence-corrected chi connectivity index (χ1v) is 10.3. The monoisotopic (exact) mass is 386 g/mol. The molecule has 1 fully saturated rings. The van der Waals surface area contributed by atoms with E-state index in [1.165, 1.54) is 23.4 Å². The number of nitrogens with one attached hydrogen (secondary N) is 1. The largest absolute Gasteiger partial charge is 0.339 e. The number of hydrogen-bond acceptors (Lipinski definition) is 5. The highest BCUT2D eigenvalue weighted by molar-refractivity contribution is 7.99. The third-order valence-electron chi connectivity index (χ3n) is 4.64. The van der Waals surface area contributed by atoms with E-state index < -0.39 is 0 Å². The number of thioether (sulfide) groups is 1. The molecule has 1 aromatic heterocycles. The van der Waals surface area contributed by atoms with Gasteiger partial charge in [0.15, 0.2) is 5.16 Å². The summed E-state index contributed by atoms with van der Waals surface area (Å²) in [5, 5.41) is 0.516. The molecule has 27 heavy (non-hydrogen) atoms. The third-order valence-corrected chi connectivity index (χ3v) is 5.50. The second-order valence-electron chi connectivity index (χ2n) is 7.06. The first-order chi connectivity index (χ1) is 13.0. The van der Waals surface area contributed by atoms with E-state index in [0.29, 0.717) is 10.9 Å². The van der Waals surface area contributed by atoms with Crippen molar-refractivity contribution >= 4 is 17.7 Å². The Morgan fingerprint density at radius 1 is 1.19 bits per heavy atom. The SMILES string of the molecule is CC(C)c1cc(=O)[nH]c(SCC(=O)N2CCN(Cc3ccccc3)CC2)n1. The number of aromatic nitrogens is 2. The van der Waals surface area contributed by atoms with Crippen molar-refractivity contribution in [2.45, 2.75) is 31.5 Å². The summed E-state index contributed by atoms with van der Waals surface area (Å²) in [4.78, 5) is 35.7. The maximum atomic E-state index is 12.5. The average molecular weight is 387 g/mol. The van der Waals surface area contributed by atoms with E-state index in [1.54, 1.807) is 0 Å². The number of hydrogen-bond donors (Lipinski definition) is 1. The molecule has 1 saturated heterocycles. The Morgan fingerprint density at radius 2 is 1.89 bits per heavy atom. The summed E-state index contributed by atoms with van der Waals surface area (Å²) in [6.45, 7) is 8.15. The van der Waals surface area contributed by atoms with Gasteiger partial charge in [-0.15, -0.1) is 0 Å². The van der Waals surface area contributed by atoms with E-state index >= 15 is 0 Å². The van der Waals surface area contributed by atoms with E-state index in [0.717, 1.165) is 38.4 Å². The number of carbonyl (C=O) groups excluding carboxylic acids is 1. The predicted octanol–water partition coefficient (Wildman–Crippen LogP) is 2.33. The van der Waals surface area contributed by atoms with Crippen molar-refractivity contribution in [2.75, 3.05) is 31.9 Å². The zero-order valence-electron chi connectivity index (χ0n) is 15.9. The lowest BCUT2D eigenvalue weighted by Gasteiger charge is -2.34. The Kier molecular flexibility index (Phi) is 6.68. The van der Waals surface area contributed by atoms with Gasteiger partial charge in [0.05, 0.1) is 11.4 Å². The number of benzene rings is 1. The molecular formula is C20H26N4O2S. The van der Waals surface area contributed by atoms with E-state index in [-0.39, 0.29) is 17.4 Å². The maximum absolute atomic E-state index is 12.5. The van der Waals surface area contributed by atoms with Crippen LogP contribution in [0.2, 0.25) is 0 Å². The van der Waals surface area contributed by atoms with Gasteiger partial charge < -0.3 is 9.88 Å². The maximum Gasteiger partial charge on any atom is 0.251 e. The highest BCUT2D eigenvalue weighted by atomic mass is 32.2. The number of aromatic amines is 1. The lowest BCUT2D eigenvalue weighted by atomic mass is 10.1. The lowest BCUT2D eigenvalue weighted by Crippen LogP contribution is -2.48. The van der Waals surface area contributed by atoms with Crippen LogP contribution in [0.25, 0.3) is 0 Å². The van der Waals surface area contributed by atoms with Gasteiger partial charge in [-0.05, 0) is 11.5 Å². The summed E-state index contributed by atoms with van der Waals surface area (Å²) in [5.41, 5.74) is 1.88. The molecule has 0 atom stereocenters. The Balaban J connectivity index is 1.48. The van der Waals surface area contributed by atoms with E-state index in [9.17, 15) is 9.59 Å². The molecule has 2 aromatic rings. The molecule has 0 bridgehead atoms. The highest BCUT2D eigenvalue weighted by Gasteiger charge is 2.21. The second-order valence-corrected chi connectivity index (χ2v) is 8.03. The highest BCUT2D eigenvalue weighted by Crippen LogP contribution is 2.17. The molecule has 3 rings (SSSR count). The van der Waals surface area contributed by atoms with Crippen LogP contribution in [0.3, 0.4) is 0 Å². The topological polar surface area (TPSA) is 69.3 Å². The first-order valence-electron chi connectivity index (χ1n) is 9.29. The smallest absolute Gasteiger partial charge is 0.251 e. The minimum Gasteiger partial charge on any atom is -0.339 e. The Morgan fingerprint density at radius 3 is 2.56 bits per heavy atom. The van der Waals surface area contributed by atoms with Gasteiger partial charge in [0.25, 0.3) is 5.56 Å². The Hall–Kier alpha value is -2.12. The van der Waals surface area contributed by atoms with Crippen LogP contribution in [0.4, 0.5) is 0 Å². The predicted molar refractivity (Wildman–Crippen MR) is 108 cm³/mol. The van der Waals surface area contributed by atoms with Crippen molar-refractivity contribution in [1.29, 1.82) is 0 Å². The number of piperazine rings is 1. The molecule has 0 unspecified atom stereocenters. The molecule has 1 aromatic carbocycles. The van der Waals surface area contributed by atoms with Crippen molar-refractivity contribution in [2.24, 2.45) is 0 Å². The van der Waals surface area contributed by atoms with Crippen molar-refractivity contribution in [1.82, 2.24) is 19.8 Å². The van der Waals surface area contributed by atoms with E-state index in [2.05, 4.69) is 39.1 Å². The molecule has 1 N–H and O–H groups in total. The quantitative estimate of drug-likeness (QED) is 0.610. The van der Waals surface area contributed by atoms with Gasteiger partial charge in [-0.25, -0.2) is 4.98 Å². The van der Waals surface area contributed by atoms with Gasteiger partial charge in [-0.3, -0.25) is 14.5 Å². The molecule has 0 saturated carbocycles.